The molecule has 0 radical (unpaired) electrons. The molecule has 0 aliphatic heterocycles. The Morgan fingerprint density at radius 1 is 1.35 bits per heavy atom. The van der Waals surface area contributed by atoms with Gasteiger partial charge in [-0.05, 0) is 38.1 Å². The number of amides is 1. The van der Waals surface area contributed by atoms with E-state index in [1.165, 1.54) is 6.92 Å². The molecule has 0 bridgehead atoms. The van der Waals surface area contributed by atoms with E-state index in [4.69, 9.17) is 9.15 Å². The lowest BCUT2D eigenvalue weighted by molar-refractivity contribution is -0.119. The van der Waals surface area contributed by atoms with Gasteiger partial charge in [0.1, 0.15) is 11.3 Å². The zero-order valence-corrected chi connectivity index (χ0v) is 11.7. The average molecular weight is 275 g/mol. The summed E-state index contributed by atoms with van der Waals surface area (Å²) in [5.74, 6) is 0.174. The van der Waals surface area contributed by atoms with E-state index in [1.807, 2.05) is 13.0 Å². The van der Waals surface area contributed by atoms with Crippen LogP contribution in [0.15, 0.2) is 28.7 Å². The molecule has 20 heavy (non-hydrogen) atoms. The van der Waals surface area contributed by atoms with Crippen LogP contribution in [0.3, 0.4) is 0 Å². The average Bonchev–Trinajstić information content (AvgIpc) is 2.81. The molecule has 1 unspecified atom stereocenters. The van der Waals surface area contributed by atoms with Crippen molar-refractivity contribution in [2.45, 2.75) is 26.8 Å². The molecule has 1 N–H and O–H groups in total. The van der Waals surface area contributed by atoms with E-state index in [0.29, 0.717) is 23.5 Å². The first-order chi connectivity index (χ1) is 9.51. The zero-order valence-electron chi connectivity index (χ0n) is 11.7. The van der Waals surface area contributed by atoms with Gasteiger partial charge in [-0.3, -0.25) is 4.79 Å². The lowest BCUT2D eigenvalue weighted by Gasteiger charge is -2.08. The molecule has 0 fully saturated rings. The minimum atomic E-state index is -0.355. The summed E-state index contributed by atoms with van der Waals surface area (Å²) in [6.07, 6.45) is 0. The molecule has 2 rings (SSSR count). The highest BCUT2D eigenvalue weighted by molar-refractivity contribution is 5.94. The van der Waals surface area contributed by atoms with Crippen molar-refractivity contribution in [2.75, 3.05) is 6.61 Å². The molecule has 1 heterocycles. The second-order valence-corrected chi connectivity index (χ2v) is 4.54. The lowest BCUT2D eigenvalue weighted by atomic mass is 10.1. The van der Waals surface area contributed by atoms with Crippen LogP contribution in [0.1, 0.15) is 42.9 Å². The van der Waals surface area contributed by atoms with Gasteiger partial charge < -0.3 is 14.5 Å². The standard InChI is InChI=1S/C15H17NO4/c1-4-19-15(18)11-5-6-13-12(7-11)8-14(20-13)9(2)16-10(3)17/h5-9H,4H2,1-3H3,(H,16,17). The van der Waals surface area contributed by atoms with Crippen LogP contribution in [0.25, 0.3) is 11.0 Å². The Morgan fingerprint density at radius 2 is 2.10 bits per heavy atom. The molecule has 0 aliphatic carbocycles. The third kappa shape index (κ3) is 2.99. The minimum absolute atomic E-state index is 0.120. The van der Waals surface area contributed by atoms with Gasteiger partial charge in [-0.15, -0.1) is 0 Å². The normalized spacial score (nSPS) is 12.2. The molecule has 0 spiro atoms. The fraction of sp³-hybridized carbons (Fsp3) is 0.333. The van der Waals surface area contributed by atoms with Crippen molar-refractivity contribution in [2.24, 2.45) is 0 Å². The predicted octanol–water partition coefficient (Wildman–Crippen LogP) is 2.81. The van der Waals surface area contributed by atoms with E-state index in [-0.39, 0.29) is 17.9 Å². The van der Waals surface area contributed by atoms with Gasteiger partial charge in [0.05, 0.1) is 18.2 Å². The number of ether oxygens (including phenoxy) is 1. The molecule has 5 heteroatoms. The molecule has 1 amide bonds. The molecule has 106 valence electrons. The van der Waals surface area contributed by atoms with Crippen LogP contribution in [0.2, 0.25) is 0 Å². The quantitative estimate of drug-likeness (QED) is 0.871. The Hall–Kier alpha value is -2.30. The van der Waals surface area contributed by atoms with Gasteiger partial charge >= 0.3 is 5.97 Å². The summed E-state index contributed by atoms with van der Waals surface area (Å²) in [6.45, 7) is 5.40. The third-order valence-electron chi connectivity index (χ3n) is 2.89. The highest BCUT2D eigenvalue weighted by Gasteiger charge is 2.14. The zero-order chi connectivity index (χ0) is 14.7. The lowest BCUT2D eigenvalue weighted by Crippen LogP contribution is -2.23. The van der Waals surface area contributed by atoms with E-state index < -0.39 is 0 Å². The van der Waals surface area contributed by atoms with Crippen molar-refractivity contribution in [3.05, 3.63) is 35.6 Å². The van der Waals surface area contributed by atoms with E-state index in [1.54, 1.807) is 25.1 Å². The van der Waals surface area contributed by atoms with Gasteiger partial charge in [0.25, 0.3) is 0 Å². The molecule has 1 aromatic heterocycles. The monoisotopic (exact) mass is 275 g/mol. The van der Waals surface area contributed by atoms with E-state index in [9.17, 15) is 9.59 Å². The van der Waals surface area contributed by atoms with Gasteiger partial charge in [0.15, 0.2) is 0 Å². The largest absolute Gasteiger partial charge is 0.462 e. The number of carbonyl (C=O) groups is 2. The maximum atomic E-state index is 11.7. The summed E-state index contributed by atoms with van der Waals surface area (Å²) in [6, 6.07) is 6.72. The van der Waals surface area contributed by atoms with Gasteiger partial charge in [0, 0.05) is 12.3 Å². The van der Waals surface area contributed by atoms with E-state index in [2.05, 4.69) is 5.32 Å². The minimum Gasteiger partial charge on any atom is -0.462 e. The van der Waals surface area contributed by atoms with Crippen molar-refractivity contribution >= 4 is 22.8 Å². The maximum Gasteiger partial charge on any atom is 0.338 e. The SMILES string of the molecule is CCOC(=O)c1ccc2oc(C(C)NC(C)=O)cc2c1. The van der Waals surface area contributed by atoms with Crippen LogP contribution in [-0.2, 0) is 9.53 Å². The molecule has 1 aromatic carbocycles. The van der Waals surface area contributed by atoms with Crippen molar-refractivity contribution in [3.8, 4) is 0 Å². The number of benzene rings is 1. The third-order valence-corrected chi connectivity index (χ3v) is 2.89. The van der Waals surface area contributed by atoms with Crippen molar-refractivity contribution in [3.63, 3.8) is 0 Å². The smallest absolute Gasteiger partial charge is 0.338 e. The van der Waals surface area contributed by atoms with E-state index in [0.717, 1.165) is 5.39 Å². The van der Waals surface area contributed by atoms with Crippen molar-refractivity contribution in [1.82, 2.24) is 5.32 Å². The number of carbonyl (C=O) groups excluding carboxylic acids is 2. The van der Waals surface area contributed by atoms with Crippen LogP contribution in [0, 0.1) is 0 Å². The van der Waals surface area contributed by atoms with E-state index >= 15 is 0 Å². The fourth-order valence-electron chi connectivity index (χ4n) is 1.99. The van der Waals surface area contributed by atoms with Crippen LogP contribution >= 0.6 is 0 Å². The summed E-state index contributed by atoms with van der Waals surface area (Å²) in [5.41, 5.74) is 1.16. The number of nitrogens with one attached hydrogen (secondary N) is 1. The number of fused-ring (bicyclic) bond motifs is 1. The topological polar surface area (TPSA) is 68.5 Å². The predicted molar refractivity (Wildman–Crippen MR) is 74.4 cm³/mol. The molecule has 5 nitrogen and oxygen atoms in total. The molecule has 0 aliphatic rings. The number of hydrogen-bond donors (Lipinski definition) is 1. The number of esters is 1. The summed E-state index contributed by atoms with van der Waals surface area (Å²) in [4.78, 5) is 22.7. The Kier molecular flexibility index (Phi) is 4.08. The fourth-order valence-corrected chi connectivity index (χ4v) is 1.99. The molecule has 0 saturated heterocycles. The van der Waals surface area contributed by atoms with Crippen LogP contribution in [0.5, 0.6) is 0 Å². The number of furan rings is 1. The number of rotatable bonds is 4. The molecular weight excluding hydrogens is 258 g/mol. The first-order valence-electron chi connectivity index (χ1n) is 6.49. The van der Waals surface area contributed by atoms with Gasteiger partial charge in [0.2, 0.25) is 5.91 Å². The van der Waals surface area contributed by atoms with Gasteiger partial charge in [-0.2, -0.15) is 0 Å². The molecule has 2 aromatic rings. The Labute approximate surface area is 116 Å². The summed E-state index contributed by atoms with van der Waals surface area (Å²) < 4.78 is 10.6. The van der Waals surface area contributed by atoms with Crippen LogP contribution < -0.4 is 5.32 Å². The van der Waals surface area contributed by atoms with Crippen molar-refractivity contribution in [1.29, 1.82) is 0 Å². The summed E-state index contributed by atoms with van der Waals surface area (Å²) in [5, 5.41) is 3.56. The summed E-state index contributed by atoms with van der Waals surface area (Å²) >= 11 is 0. The van der Waals surface area contributed by atoms with Crippen LogP contribution in [0.4, 0.5) is 0 Å². The number of hydrogen-bond acceptors (Lipinski definition) is 4. The first-order valence-corrected chi connectivity index (χ1v) is 6.49. The molecule has 0 saturated carbocycles. The Balaban J connectivity index is 2.30. The highest BCUT2D eigenvalue weighted by atomic mass is 16.5. The van der Waals surface area contributed by atoms with Gasteiger partial charge in [-0.1, -0.05) is 0 Å². The van der Waals surface area contributed by atoms with Crippen molar-refractivity contribution < 1.29 is 18.7 Å². The van der Waals surface area contributed by atoms with Gasteiger partial charge in [-0.25, -0.2) is 4.79 Å². The highest BCUT2D eigenvalue weighted by Crippen LogP contribution is 2.25. The Morgan fingerprint density at radius 3 is 2.75 bits per heavy atom. The second-order valence-electron chi connectivity index (χ2n) is 4.54. The second kappa shape index (κ2) is 5.77. The maximum absolute atomic E-state index is 11.7. The molecule has 1 atom stereocenters. The van der Waals surface area contributed by atoms with Crippen LogP contribution in [-0.4, -0.2) is 18.5 Å². The summed E-state index contributed by atoms with van der Waals surface area (Å²) in [7, 11) is 0. The Bertz CT molecular complexity index is 644. The molecular formula is C15H17NO4. The first kappa shape index (κ1) is 14.1.